The molecular weight excluding hydrogens is 240 g/mol. The zero-order valence-corrected chi connectivity index (χ0v) is 11.2. The molecule has 1 saturated heterocycles. The van der Waals surface area contributed by atoms with Crippen LogP contribution in [-0.2, 0) is 11.3 Å². The lowest BCUT2D eigenvalue weighted by Crippen LogP contribution is -2.27. The monoisotopic (exact) mass is 260 g/mol. The maximum atomic E-state index is 6.03. The highest BCUT2D eigenvalue weighted by Crippen LogP contribution is 2.21. The van der Waals surface area contributed by atoms with Gasteiger partial charge in [0.1, 0.15) is 5.52 Å². The van der Waals surface area contributed by atoms with E-state index < -0.39 is 0 Å². The maximum absolute atomic E-state index is 6.03. The Morgan fingerprint density at radius 1 is 1.32 bits per heavy atom. The van der Waals surface area contributed by atoms with Crippen molar-refractivity contribution in [1.82, 2.24) is 20.3 Å². The average Bonchev–Trinajstić information content (AvgIpc) is 3.05. The summed E-state index contributed by atoms with van der Waals surface area (Å²) in [5.74, 6) is 0. The molecule has 0 aliphatic carbocycles. The molecule has 5 nitrogen and oxygen atoms in total. The second-order valence-electron chi connectivity index (χ2n) is 5.03. The van der Waals surface area contributed by atoms with Crippen molar-refractivity contribution in [2.24, 2.45) is 0 Å². The molecular formula is C14H20N4O. The highest BCUT2D eigenvalue weighted by Gasteiger charge is 2.25. The van der Waals surface area contributed by atoms with E-state index in [1.54, 1.807) is 0 Å². The molecule has 0 amide bonds. The normalized spacial score (nSPS) is 23.2. The van der Waals surface area contributed by atoms with Crippen molar-refractivity contribution in [2.75, 3.05) is 13.1 Å². The van der Waals surface area contributed by atoms with E-state index in [0.29, 0.717) is 6.10 Å². The van der Waals surface area contributed by atoms with Crippen LogP contribution in [0, 0.1) is 0 Å². The molecule has 1 aliphatic heterocycles. The van der Waals surface area contributed by atoms with Crippen molar-refractivity contribution < 1.29 is 4.74 Å². The fourth-order valence-electron chi connectivity index (χ4n) is 2.61. The second kappa shape index (κ2) is 5.67. The van der Waals surface area contributed by atoms with E-state index in [2.05, 4.69) is 28.6 Å². The zero-order valence-electron chi connectivity index (χ0n) is 11.2. The molecule has 1 fully saturated rings. The molecule has 2 aromatic rings. The first-order valence-electron chi connectivity index (χ1n) is 7.01. The number of rotatable bonds is 5. The molecule has 2 atom stereocenters. The fourth-order valence-corrected chi connectivity index (χ4v) is 2.61. The number of nitrogens with zero attached hydrogens (tertiary/aromatic N) is 3. The molecule has 2 heterocycles. The van der Waals surface area contributed by atoms with E-state index in [-0.39, 0.29) is 6.10 Å². The number of benzene rings is 1. The number of hydrogen-bond donors (Lipinski definition) is 1. The number of fused-ring (bicyclic) bond motifs is 1. The van der Waals surface area contributed by atoms with Gasteiger partial charge >= 0.3 is 0 Å². The number of para-hydroxylation sites is 1. The van der Waals surface area contributed by atoms with E-state index in [0.717, 1.165) is 43.5 Å². The molecule has 19 heavy (non-hydrogen) atoms. The third-order valence-corrected chi connectivity index (χ3v) is 3.61. The predicted molar refractivity (Wildman–Crippen MR) is 74.0 cm³/mol. The Morgan fingerprint density at radius 2 is 2.16 bits per heavy atom. The standard InChI is InChI=1S/C14H20N4O/c1-2-15-9-11-7-8-12(19-11)10-18-14-6-4-3-5-13(14)16-17-18/h3-6,11-12,15H,2,7-10H2,1H3. The summed E-state index contributed by atoms with van der Waals surface area (Å²) in [5.41, 5.74) is 2.03. The van der Waals surface area contributed by atoms with Crippen LogP contribution in [0.25, 0.3) is 11.0 Å². The SMILES string of the molecule is CCNCC1CCC(Cn2nnc3ccccc32)O1. The van der Waals surface area contributed by atoms with Crippen LogP contribution in [0.15, 0.2) is 24.3 Å². The molecule has 0 spiro atoms. The Balaban J connectivity index is 1.63. The molecule has 1 aromatic carbocycles. The van der Waals surface area contributed by atoms with Gasteiger partial charge in [-0.25, -0.2) is 4.68 Å². The Kier molecular flexibility index (Phi) is 3.75. The number of ether oxygens (including phenoxy) is 1. The van der Waals surface area contributed by atoms with E-state index in [4.69, 9.17) is 4.74 Å². The van der Waals surface area contributed by atoms with Gasteiger partial charge in [0.15, 0.2) is 0 Å². The first-order valence-corrected chi connectivity index (χ1v) is 7.01. The second-order valence-corrected chi connectivity index (χ2v) is 5.03. The Hall–Kier alpha value is -1.46. The number of aromatic nitrogens is 3. The van der Waals surface area contributed by atoms with E-state index in [1.165, 1.54) is 0 Å². The van der Waals surface area contributed by atoms with Crippen LogP contribution in [0.1, 0.15) is 19.8 Å². The zero-order chi connectivity index (χ0) is 13.1. The van der Waals surface area contributed by atoms with Crippen molar-refractivity contribution in [3.8, 4) is 0 Å². The van der Waals surface area contributed by atoms with Crippen molar-refractivity contribution in [3.05, 3.63) is 24.3 Å². The molecule has 0 bridgehead atoms. The van der Waals surface area contributed by atoms with Crippen molar-refractivity contribution in [1.29, 1.82) is 0 Å². The minimum absolute atomic E-state index is 0.258. The largest absolute Gasteiger partial charge is 0.372 e. The number of hydrogen-bond acceptors (Lipinski definition) is 4. The first-order chi connectivity index (χ1) is 9.36. The lowest BCUT2D eigenvalue weighted by Gasteiger charge is -2.14. The van der Waals surface area contributed by atoms with Crippen molar-refractivity contribution >= 4 is 11.0 Å². The Bertz CT molecular complexity index is 539. The molecule has 102 valence electrons. The van der Waals surface area contributed by atoms with Gasteiger partial charge in [-0.1, -0.05) is 24.3 Å². The van der Waals surface area contributed by atoms with Crippen molar-refractivity contribution in [3.63, 3.8) is 0 Å². The first kappa shape index (κ1) is 12.6. The minimum atomic E-state index is 0.258. The molecule has 2 unspecified atom stereocenters. The van der Waals surface area contributed by atoms with Crippen LogP contribution in [0.3, 0.4) is 0 Å². The minimum Gasteiger partial charge on any atom is -0.372 e. The van der Waals surface area contributed by atoms with Gasteiger partial charge in [0.05, 0.1) is 24.3 Å². The summed E-state index contributed by atoms with van der Waals surface area (Å²) < 4.78 is 7.99. The van der Waals surface area contributed by atoms with Gasteiger partial charge in [0.25, 0.3) is 0 Å². The van der Waals surface area contributed by atoms with Crippen LogP contribution in [0.2, 0.25) is 0 Å². The van der Waals surface area contributed by atoms with Crippen LogP contribution in [-0.4, -0.2) is 40.3 Å². The molecule has 3 rings (SSSR count). The van der Waals surface area contributed by atoms with Crippen LogP contribution in [0.5, 0.6) is 0 Å². The molecule has 0 radical (unpaired) electrons. The molecule has 5 heteroatoms. The summed E-state index contributed by atoms with van der Waals surface area (Å²) >= 11 is 0. The highest BCUT2D eigenvalue weighted by atomic mass is 16.5. The van der Waals surface area contributed by atoms with E-state index in [9.17, 15) is 0 Å². The maximum Gasteiger partial charge on any atom is 0.113 e. The molecule has 0 saturated carbocycles. The topological polar surface area (TPSA) is 52.0 Å². The lowest BCUT2D eigenvalue weighted by molar-refractivity contribution is 0.0349. The summed E-state index contributed by atoms with van der Waals surface area (Å²) in [6.45, 7) is 4.86. The molecule has 1 N–H and O–H groups in total. The van der Waals surface area contributed by atoms with Gasteiger partial charge in [0.2, 0.25) is 0 Å². The average molecular weight is 260 g/mol. The van der Waals surface area contributed by atoms with Gasteiger partial charge in [0, 0.05) is 6.54 Å². The summed E-state index contributed by atoms with van der Waals surface area (Å²) in [6.07, 6.45) is 2.84. The van der Waals surface area contributed by atoms with Gasteiger partial charge < -0.3 is 10.1 Å². The highest BCUT2D eigenvalue weighted by molar-refractivity contribution is 5.73. The van der Waals surface area contributed by atoms with Gasteiger partial charge in [-0.05, 0) is 31.5 Å². The third-order valence-electron chi connectivity index (χ3n) is 3.61. The van der Waals surface area contributed by atoms with E-state index >= 15 is 0 Å². The van der Waals surface area contributed by atoms with Crippen LogP contribution < -0.4 is 5.32 Å². The third kappa shape index (κ3) is 2.77. The van der Waals surface area contributed by atoms with Crippen molar-refractivity contribution in [2.45, 2.75) is 38.5 Å². The summed E-state index contributed by atoms with van der Waals surface area (Å²) in [5, 5.41) is 11.7. The smallest absolute Gasteiger partial charge is 0.113 e. The van der Waals surface area contributed by atoms with Crippen LogP contribution in [0.4, 0.5) is 0 Å². The van der Waals surface area contributed by atoms with Gasteiger partial charge in [-0.15, -0.1) is 5.10 Å². The van der Waals surface area contributed by atoms with Gasteiger partial charge in [-0.2, -0.15) is 0 Å². The quantitative estimate of drug-likeness (QED) is 0.887. The Morgan fingerprint density at radius 3 is 3.05 bits per heavy atom. The summed E-state index contributed by atoms with van der Waals surface area (Å²) in [4.78, 5) is 0. The lowest BCUT2D eigenvalue weighted by atomic mass is 10.2. The summed E-state index contributed by atoms with van der Waals surface area (Å²) in [7, 11) is 0. The molecule has 1 aliphatic rings. The fraction of sp³-hybridized carbons (Fsp3) is 0.571. The van der Waals surface area contributed by atoms with Gasteiger partial charge in [-0.3, -0.25) is 0 Å². The number of likely N-dealkylation sites (N-methyl/N-ethyl adjacent to an activating group) is 1. The van der Waals surface area contributed by atoms with E-state index in [1.807, 2.05) is 22.9 Å². The number of nitrogens with one attached hydrogen (secondary N) is 1. The summed E-state index contributed by atoms with van der Waals surface area (Å²) in [6, 6.07) is 8.05. The Labute approximate surface area is 112 Å². The van der Waals surface area contributed by atoms with Crippen LogP contribution >= 0.6 is 0 Å². The predicted octanol–water partition coefficient (Wildman–Crippen LogP) is 1.59. The molecule has 1 aromatic heterocycles.